The van der Waals surface area contributed by atoms with Gasteiger partial charge in [-0.3, -0.25) is 4.18 Å². The standard InChI is InChI=1S/C11H14O5S/c1-8-6-9(11(12)15-2)4-5-10(8)7-16-17(3,13)14/h4-6H,7H2,1-3H3. The van der Waals surface area contributed by atoms with Crippen LogP contribution in [0.5, 0.6) is 0 Å². The molecule has 0 saturated heterocycles. The molecule has 0 fully saturated rings. The van der Waals surface area contributed by atoms with E-state index in [1.54, 1.807) is 25.1 Å². The van der Waals surface area contributed by atoms with Gasteiger partial charge in [-0.15, -0.1) is 0 Å². The van der Waals surface area contributed by atoms with E-state index in [1.807, 2.05) is 0 Å². The van der Waals surface area contributed by atoms with E-state index >= 15 is 0 Å². The van der Waals surface area contributed by atoms with Gasteiger partial charge >= 0.3 is 5.97 Å². The molecule has 0 aliphatic heterocycles. The third-order valence-electron chi connectivity index (χ3n) is 2.19. The van der Waals surface area contributed by atoms with Crippen LogP contribution < -0.4 is 0 Å². The number of ether oxygens (including phenoxy) is 1. The maximum atomic E-state index is 11.2. The summed E-state index contributed by atoms with van der Waals surface area (Å²) in [4.78, 5) is 11.2. The van der Waals surface area contributed by atoms with Gasteiger partial charge < -0.3 is 4.74 Å². The smallest absolute Gasteiger partial charge is 0.337 e. The van der Waals surface area contributed by atoms with Gasteiger partial charge in [0.1, 0.15) is 0 Å². The number of rotatable bonds is 4. The first-order valence-electron chi connectivity index (χ1n) is 4.86. The van der Waals surface area contributed by atoms with Crippen molar-refractivity contribution in [2.45, 2.75) is 13.5 Å². The van der Waals surface area contributed by atoms with E-state index in [9.17, 15) is 13.2 Å². The molecule has 1 rings (SSSR count). The highest BCUT2D eigenvalue weighted by Gasteiger charge is 2.09. The third kappa shape index (κ3) is 4.16. The number of methoxy groups -OCH3 is 1. The molecule has 94 valence electrons. The van der Waals surface area contributed by atoms with E-state index in [4.69, 9.17) is 0 Å². The molecule has 0 saturated carbocycles. The maximum absolute atomic E-state index is 11.2. The summed E-state index contributed by atoms with van der Waals surface area (Å²) in [5.41, 5.74) is 1.91. The molecule has 0 unspecified atom stereocenters. The van der Waals surface area contributed by atoms with Crippen molar-refractivity contribution in [3.05, 3.63) is 34.9 Å². The van der Waals surface area contributed by atoms with Crippen molar-refractivity contribution in [1.29, 1.82) is 0 Å². The fourth-order valence-corrected chi connectivity index (χ4v) is 1.61. The van der Waals surface area contributed by atoms with Gasteiger partial charge in [0.15, 0.2) is 0 Å². The van der Waals surface area contributed by atoms with Gasteiger partial charge in [0, 0.05) is 0 Å². The van der Waals surface area contributed by atoms with Gasteiger partial charge in [0.25, 0.3) is 10.1 Å². The largest absolute Gasteiger partial charge is 0.465 e. The molecule has 0 spiro atoms. The quantitative estimate of drug-likeness (QED) is 0.600. The molecule has 0 heterocycles. The fourth-order valence-electron chi connectivity index (χ4n) is 1.27. The van der Waals surface area contributed by atoms with E-state index in [2.05, 4.69) is 8.92 Å². The Labute approximate surface area is 100 Å². The Kier molecular flexibility index (Phi) is 4.25. The summed E-state index contributed by atoms with van der Waals surface area (Å²) in [5, 5.41) is 0. The van der Waals surface area contributed by atoms with Crippen LogP contribution in [-0.4, -0.2) is 27.8 Å². The van der Waals surface area contributed by atoms with Crippen LogP contribution in [0.25, 0.3) is 0 Å². The molecule has 0 aliphatic rings. The number of benzene rings is 1. The summed E-state index contributed by atoms with van der Waals surface area (Å²) in [6, 6.07) is 4.85. The first-order valence-corrected chi connectivity index (χ1v) is 6.67. The van der Waals surface area contributed by atoms with E-state index in [0.717, 1.165) is 11.8 Å². The minimum absolute atomic E-state index is 0.0356. The van der Waals surface area contributed by atoms with Gasteiger partial charge in [0.05, 0.1) is 25.5 Å². The van der Waals surface area contributed by atoms with E-state index in [1.165, 1.54) is 7.11 Å². The molecule has 0 bridgehead atoms. The van der Waals surface area contributed by atoms with Crippen LogP contribution in [0.4, 0.5) is 0 Å². The second-order valence-electron chi connectivity index (χ2n) is 3.60. The predicted molar refractivity (Wildman–Crippen MR) is 62.2 cm³/mol. The molecule has 1 aromatic carbocycles. The number of aryl methyl sites for hydroxylation is 1. The molecule has 6 heteroatoms. The average Bonchev–Trinajstić information content (AvgIpc) is 2.25. The first kappa shape index (κ1) is 13.7. The molecule has 0 aliphatic carbocycles. The molecule has 0 amide bonds. The van der Waals surface area contributed by atoms with Crippen LogP contribution in [-0.2, 0) is 25.6 Å². The summed E-state index contributed by atoms with van der Waals surface area (Å²) in [7, 11) is -2.16. The van der Waals surface area contributed by atoms with Crippen molar-refractivity contribution < 1.29 is 22.1 Å². The van der Waals surface area contributed by atoms with E-state index in [0.29, 0.717) is 11.1 Å². The molecule has 17 heavy (non-hydrogen) atoms. The first-order chi connectivity index (χ1) is 7.83. The molecular formula is C11H14O5S. The maximum Gasteiger partial charge on any atom is 0.337 e. The third-order valence-corrected chi connectivity index (χ3v) is 2.74. The molecule has 0 atom stereocenters. The van der Waals surface area contributed by atoms with Crippen LogP contribution in [0.15, 0.2) is 18.2 Å². The zero-order valence-corrected chi connectivity index (χ0v) is 10.7. The Morgan fingerprint density at radius 1 is 1.35 bits per heavy atom. The summed E-state index contributed by atoms with van der Waals surface area (Å²) in [6.45, 7) is 1.74. The normalized spacial score (nSPS) is 11.2. The van der Waals surface area contributed by atoms with E-state index < -0.39 is 16.1 Å². The Morgan fingerprint density at radius 2 is 2.00 bits per heavy atom. The number of carbonyl (C=O) groups is 1. The Hall–Kier alpha value is -1.40. The monoisotopic (exact) mass is 258 g/mol. The molecular weight excluding hydrogens is 244 g/mol. The minimum atomic E-state index is -3.46. The predicted octanol–water partition coefficient (Wildman–Crippen LogP) is 1.26. The number of hydrogen-bond donors (Lipinski definition) is 0. The summed E-state index contributed by atoms with van der Waals surface area (Å²) in [6.07, 6.45) is 0.991. The lowest BCUT2D eigenvalue weighted by Crippen LogP contribution is -2.06. The molecule has 1 aromatic rings. The Bertz CT molecular complexity index is 519. The topological polar surface area (TPSA) is 69.7 Å². The molecule has 0 radical (unpaired) electrons. The number of esters is 1. The average molecular weight is 258 g/mol. The van der Waals surface area contributed by atoms with E-state index in [-0.39, 0.29) is 6.61 Å². The van der Waals surface area contributed by atoms with Crippen LogP contribution in [0.3, 0.4) is 0 Å². The molecule has 0 N–H and O–H groups in total. The lowest BCUT2D eigenvalue weighted by molar-refractivity contribution is 0.0600. The van der Waals surface area contributed by atoms with Crippen molar-refractivity contribution in [3.8, 4) is 0 Å². The Morgan fingerprint density at radius 3 is 2.47 bits per heavy atom. The highest BCUT2D eigenvalue weighted by Crippen LogP contribution is 2.13. The molecule has 0 aromatic heterocycles. The van der Waals surface area contributed by atoms with Gasteiger partial charge in [0.2, 0.25) is 0 Å². The number of hydrogen-bond acceptors (Lipinski definition) is 5. The van der Waals surface area contributed by atoms with Crippen molar-refractivity contribution in [1.82, 2.24) is 0 Å². The van der Waals surface area contributed by atoms with Gasteiger partial charge in [-0.1, -0.05) is 6.07 Å². The lowest BCUT2D eigenvalue weighted by atomic mass is 10.1. The summed E-state index contributed by atoms with van der Waals surface area (Å²) >= 11 is 0. The van der Waals surface area contributed by atoms with Crippen molar-refractivity contribution in [2.75, 3.05) is 13.4 Å². The fraction of sp³-hybridized carbons (Fsp3) is 0.364. The highest BCUT2D eigenvalue weighted by molar-refractivity contribution is 7.85. The summed E-state index contributed by atoms with van der Waals surface area (Å²) in [5.74, 6) is -0.427. The SMILES string of the molecule is COC(=O)c1ccc(COS(C)(=O)=O)c(C)c1. The number of carbonyl (C=O) groups excluding carboxylic acids is 1. The highest BCUT2D eigenvalue weighted by atomic mass is 32.2. The van der Waals surface area contributed by atoms with Crippen LogP contribution in [0.2, 0.25) is 0 Å². The molecule has 5 nitrogen and oxygen atoms in total. The van der Waals surface area contributed by atoms with Crippen LogP contribution in [0, 0.1) is 6.92 Å². The zero-order chi connectivity index (χ0) is 13.1. The lowest BCUT2D eigenvalue weighted by Gasteiger charge is -2.07. The van der Waals surface area contributed by atoms with Crippen molar-refractivity contribution in [3.63, 3.8) is 0 Å². The van der Waals surface area contributed by atoms with Crippen molar-refractivity contribution in [2.24, 2.45) is 0 Å². The second-order valence-corrected chi connectivity index (χ2v) is 5.24. The summed E-state index contributed by atoms with van der Waals surface area (Å²) < 4.78 is 30.9. The van der Waals surface area contributed by atoms with Crippen LogP contribution >= 0.6 is 0 Å². The minimum Gasteiger partial charge on any atom is -0.465 e. The van der Waals surface area contributed by atoms with Gasteiger partial charge in [-0.05, 0) is 30.2 Å². The van der Waals surface area contributed by atoms with Gasteiger partial charge in [-0.2, -0.15) is 8.42 Å². The Balaban J connectivity index is 2.87. The second kappa shape index (κ2) is 5.29. The van der Waals surface area contributed by atoms with Crippen LogP contribution in [0.1, 0.15) is 21.5 Å². The van der Waals surface area contributed by atoms with Crippen molar-refractivity contribution >= 4 is 16.1 Å². The zero-order valence-electron chi connectivity index (χ0n) is 9.89. The van der Waals surface area contributed by atoms with Gasteiger partial charge in [-0.25, -0.2) is 4.79 Å².